The predicted octanol–water partition coefficient (Wildman–Crippen LogP) is 3.35. The molecule has 5 nitrogen and oxygen atoms in total. The number of anilines is 1. The Morgan fingerprint density at radius 1 is 1.12 bits per heavy atom. The van der Waals surface area contributed by atoms with Crippen LogP contribution < -0.4 is 5.32 Å². The third-order valence-corrected chi connectivity index (χ3v) is 6.35. The fraction of sp³-hybridized carbons (Fsp3) is 0.500. The summed E-state index contributed by atoms with van der Waals surface area (Å²) in [5.74, 6) is -0.0455. The van der Waals surface area contributed by atoms with Crippen molar-refractivity contribution in [3.8, 4) is 0 Å². The van der Waals surface area contributed by atoms with Gasteiger partial charge in [-0.2, -0.15) is 0 Å². The molecule has 2 bridgehead atoms. The van der Waals surface area contributed by atoms with Crippen LogP contribution in [0.15, 0.2) is 18.2 Å². The van der Waals surface area contributed by atoms with E-state index in [1.54, 1.807) is 18.2 Å². The molecule has 3 aliphatic rings. The molecular weight excluding hydrogens is 363 g/mol. The molecule has 2 aliphatic carbocycles. The number of likely N-dealkylation sites (tertiary alicyclic amines) is 1. The number of imide groups is 1. The molecule has 4 atom stereocenters. The summed E-state index contributed by atoms with van der Waals surface area (Å²) in [4.78, 5) is 38.6. The van der Waals surface area contributed by atoms with Crippen molar-refractivity contribution in [3.63, 3.8) is 0 Å². The minimum atomic E-state index is -0.301. The van der Waals surface area contributed by atoms with Gasteiger partial charge in [0, 0.05) is 18.0 Å². The lowest BCUT2D eigenvalue weighted by molar-refractivity contribution is -0.140. The molecule has 132 valence electrons. The topological polar surface area (TPSA) is 66.5 Å². The summed E-state index contributed by atoms with van der Waals surface area (Å²) >= 11 is 11.9. The first-order valence-electron chi connectivity index (χ1n) is 8.56. The normalized spacial score (nSPS) is 30.1. The van der Waals surface area contributed by atoms with E-state index < -0.39 is 0 Å². The SMILES string of the molecule is O=C(CCN1C(=O)[C@H]2[C@@H]3CC[C@H](C3)[C@@H]2C1=O)Nc1cc(Cl)ccc1Cl. The molecule has 1 heterocycles. The number of amides is 3. The number of hydrogen-bond acceptors (Lipinski definition) is 3. The Bertz CT molecular complexity index is 739. The molecule has 0 spiro atoms. The zero-order valence-electron chi connectivity index (χ0n) is 13.5. The maximum absolute atomic E-state index is 12.6. The fourth-order valence-corrected chi connectivity index (χ4v) is 5.05. The molecule has 4 rings (SSSR count). The Morgan fingerprint density at radius 3 is 2.40 bits per heavy atom. The molecule has 0 aromatic heterocycles. The molecule has 1 saturated heterocycles. The number of nitrogens with one attached hydrogen (secondary N) is 1. The van der Waals surface area contributed by atoms with Crippen LogP contribution in [0.3, 0.4) is 0 Å². The highest BCUT2D eigenvalue weighted by atomic mass is 35.5. The van der Waals surface area contributed by atoms with E-state index in [1.165, 1.54) is 4.90 Å². The lowest BCUT2D eigenvalue weighted by Gasteiger charge is -2.19. The zero-order chi connectivity index (χ0) is 17.7. The Labute approximate surface area is 155 Å². The van der Waals surface area contributed by atoms with Gasteiger partial charge in [0.25, 0.3) is 0 Å². The second-order valence-corrected chi connectivity index (χ2v) is 7.98. The third kappa shape index (κ3) is 2.83. The summed E-state index contributed by atoms with van der Waals surface area (Å²) < 4.78 is 0. The van der Waals surface area contributed by atoms with Crippen LogP contribution >= 0.6 is 23.2 Å². The van der Waals surface area contributed by atoms with Crippen LogP contribution in [0.5, 0.6) is 0 Å². The predicted molar refractivity (Wildman–Crippen MR) is 94.2 cm³/mol. The summed E-state index contributed by atoms with van der Waals surface area (Å²) in [6.45, 7) is 0.119. The molecule has 1 N–H and O–H groups in total. The second kappa shape index (κ2) is 6.29. The summed E-state index contributed by atoms with van der Waals surface area (Å²) in [5.41, 5.74) is 0.424. The number of nitrogens with zero attached hydrogens (tertiary/aromatic N) is 1. The minimum absolute atomic E-state index is 0.0507. The fourth-order valence-electron chi connectivity index (χ4n) is 4.71. The molecule has 3 fully saturated rings. The van der Waals surface area contributed by atoms with Crippen LogP contribution in [0.25, 0.3) is 0 Å². The highest BCUT2D eigenvalue weighted by Gasteiger charge is 2.60. The van der Waals surface area contributed by atoms with Gasteiger partial charge in [-0.3, -0.25) is 19.3 Å². The van der Waals surface area contributed by atoms with E-state index in [9.17, 15) is 14.4 Å². The molecule has 1 aromatic carbocycles. The zero-order valence-corrected chi connectivity index (χ0v) is 15.0. The van der Waals surface area contributed by atoms with Crippen LogP contribution in [0.2, 0.25) is 10.0 Å². The molecular formula is C18H18Cl2N2O3. The van der Waals surface area contributed by atoms with Gasteiger partial charge < -0.3 is 5.32 Å². The highest BCUT2D eigenvalue weighted by Crippen LogP contribution is 2.56. The monoisotopic (exact) mass is 380 g/mol. The number of benzene rings is 1. The van der Waals surface area contributed by atoms with Crippen molar-refractivity contribution >= 4 is 46.6 Å². The number of fused-ring (bicyclic) bond motifs is 5. The Kier molecular flexibility index (Phi) is 4.24. The van der Waals surface area contributed by atoms with E-state index in [-0.39, 0.29) is 42.5 Å². The standard InChI is InChI=1S/C18H18Cl2N2O3/c19-11-3-4-12(20)13(8-11)21-14(23)5-6-22-17(24)15-9-1-2-10(7-9)16(15)18(22)25/h3-4,8-10,15-16H,1-2,5-7H2,(H,21,23)/t9-,10-,15+,16+/m1/s1. The van der Waals surface area contributed by atoms with Crippen LogP contribution in [-0.2, 0) is 14.4 Å². The van der Waals surface area contributed by atoms with Crippen LogP contribution in [0, 0.1) is 23.7 Å². The van der Waals surface area contributed by atoms with Crippen molar-refractivity contribution in [1.82, 2.24) is 4.90 Å². The maximum Gasteiger partial charge on any atom is 0.233 e. The van der Waals surface area contributed by atoms with E-state index in [1.807, 2.05) is 0 Å². The molecule has 7 heteroatoms. The molecule has 3 amide bonds. The Morgan fingerprint density at radius 2 is 1.76 bits per heavy atom. The molecule has 25 heavy (non-hydrogen) atoms. The van der Waals surface area contributed by atoms with Gasteiger partial charge in [-0.1, -0.05) is 23.2 Å². The van der Waals surface area contributed by atoms with Gasteiger partial charge in [0.2, 0.25) is 17.7 Å². The van der Waals surface area contributed by atoms with E-state index >= 15 is 0 Å². The Hall–Kier alpha value is -1.59. The van der Waals surface area contributed by atoms with Crippen molar-refractivity contribution < 1.29 is 14.4 Å². The van der Waals surface area contributed by atoms with Gasteiger partial charge in [-0.25, -0.2) is 0 Å². The van der Waals surface area contributed by atoms with Gasteiger partial charge >= 0.3 is 0 Å². The number of hydrogen-bond donors (Lipinski definition) is 1. The van der Waals surface area contributed by atoms with Gasteiger partial charge in [-0.15, -0.1) is 0 Å². The van der Waals surface area contributed by atoms with Crippen molar-refractivity contribution in [3.05, 3.63) is 28.2 Å². The lowest BCUT2D eigenvalue weighted by Crippen LogP contribution is -2.35. The van der Waals surface area contributed by atoms with E-state index in [2.05, 4.69) is 5.32 Å². The van der Waals surface area contributed by atoms with Gasteiger partial charge in [0.15, 0.2) is 0 Å². The second-order valence-electron chi connectivity index (χ2n) is 7.14. The summed E-state index contributed by atoms with van der Waals surface area (Å²) in [7, 11) is 0. The van der Waals surface area contributed by atoms with E-state index in [4.69, 9.17) is 23.2 Å². The molecule has 0 radical (unpaired) electrons. The summed E-state index contributed by atoms with van der Waals surface area (Å²) in [5, 5.41) is 3.53. The first-order valence-corrected chi connectivity index (χ1v) is 9.31. The summed E-state index contributed by atoms with van der Waals surface area (Å²) in [6.07, 6.45) is 3.16. The van der Waals surface area contributed by atoms with Crippen molar-refractivity contribution in [2.45, 2.75) is 25.7 Å². The maximum atomic E-state index is 12.6. The molecule has 1 aromatic rings. The quantitative estimate of drug-likeness (QED) is 0.814. The van der Waals surface area contributed by atoms with E-state index in [0.29, 0.717) is 27.6 Å². The van der Waals surface area contributed by atoms with Crippen molar-refractivity contribution in [1.29, 1.82) is 0 Å². The van der Waals surface area contributed by atoms with Crippen LogP contribution in [-0.4, -0.2) is 29.2 Å². The van der Waals surface area contributed by atoms with Crippen molar-refractivity contribution in [2.24, 2.45) is 23.7 Å². The first kappa shape index (κ1) is 16.9. The third-order valence-electron chi connectivity index (χ3n) is 5.78. The van der Waals surface area contributed by atoms with Crippen molar-refractivity contribution in [2.75, 3.05) is 11.9 Å². The molecule has 1 aliphatic heterocycles. The van der Waals surface area contributed by atoms with Crippen LogP contribution in [0.1, 0.15) is 25.7 Å². The highest BCUT2D eigenvalue weighted by molar-refractivity contribution is 6.35. The lowest BCUT2D eigenvalue weighted by atomic mass is 9.81. The number of carbonyl (C=O) groups is 3. The van der Waals surface area contributed by atoms with E-state index in [0.717, 1.165) is 19.3 Å². The average Bonchev–Trinajstić information content (AvgIpc) is 3.24. The van der Waals surface area contributed by atoms with Gasteiger partial charge in [-0.05, 0) is 49.3 Å². The summed E-state index contributed by atoms with van der Waals surface area (Å²) in [6, 6.07) is 4.80. The molecule has 0 unspecified atom stereocenters. The number of halogens is 2. The van der Waals surface area contributed by atoms with Gasteiger partial charge in [0.05, 0.1) is 22.5 Å². The number of rotatable bonds is 4. The largest absolute Gasteiger partial charge is 0.325 e. The smallest absolute Gasteiger partial charge is 0.233 e. The average molecular weight is 381 g/mol. The number of carbonyl (C=O) groups excluding carboxylic acids is 3. The van der Waals surface area contributed by atoms with Crippen LogP contribution in [0.4, 0.5) is 5.69 Å². The molecule has 2 saturated carbocycles. The Balaban J connectivity index is 1.38. The van der Waals surface area contributed by atoms with Gasteiger partial charge in [0.1, 0.15) is 0 Å². The first-order chi connectivity index (χ1) is 12.0. The minimum Gasteiger partial charge on any atom is -0.325 e.